The Morgan fingerprint density at radius 3 is 2.05 bits per heavy atom. The molecule has 0 aromatic heterocycles. The van der Waals surface area contributed by atoms with Crippen LogP contribution in [0.5, 0.6) is 23.0 Å². The first kappa shape index (κ1) is 27.7. The number of benzene rings is 3. The number of sulfonamides is 1. The smallest absolute Gasteiger partial charge is 0.268 e. The molecule has 1 atom stereocenters. The van der Waals surface area contributed by atoms with Crippen LogP contribution in [-0.4, -0.2) is 49.3 Å². The van der Waals surface area contributed by atoms with Gasteiger partial charge >= 0.3 is 0 Å². The van der Waals surface area contributed by atoms with Crippen LogP contribution in [0.25, 0.3) is 0 Å². The number of ether oxygens (including phenoxy) is 4. The van der Waals surface area contributed by atoms with Crippen molar-refractivity contribution in [3.05, 3.63) is 71.8 Å². The summed E-state index contributed by atoms with van der Waals surface area (Å²) >= 11 is 0. The number of methoxy groups -OCH3 is 4. The molecule has 1 amide bonds. The van der Waals surface area contributed by atoms with Crippen molar-refractivity contribution in [2.24, 2.45) is 0 Å². The Morgan fingerprint density at radius 1 is 0.838 bits per heavy atom. The molecule has 0 spiro atoms. The van der Waals surface area contributed by atoms with Gasteiger partial charge in [0.1, 0.15) is 22.9 Å². The van der Waals surface area contributed by atoms with Crippen molar-refractivity contribution < 1.29 is 32.2 Å². The summed E-state index contributed by atoms with van der Waals surface area (Å²) < 4.78 is 49.9. The minimum absolute atomic E-state index is 0.0356. The van der Waals surface area contributed by atoms with Gasteiger partial charge in [0.15, 0.2) is 11.5 Å². The first-order chi connectivity index (χ1) is 17.6. The summed E-state index contributed by atoms with van der Waals surface area (Å²) in [5.74, 6) is 1.33. The minimum Gasteiger partial charge on any atom is -0.497 e. The molecule has 1 N–H and O–H groups in total. The lowest BCUT2D eigenvalue weighted by molar-refractivity contribution is -0.120. The van der Waals surface area contributed by atoms with Gasteiger partial charge in [0.25, 0.3) is 10.0 Å². The Labute approximate surface area is 218 Å². The van der Waals surface area contributed by atoms with Crippen LogP contribution in [0.2, 0.25) is 0 Å². The molecule has 0 aliphatic heterocycles. The lowest BCUT2D eigenvalue weighted by Crippen LogP contribution is -2.41. The van der Waals surface area contributed by atoms with Gasteiger partial charge in [0.05, 0.1) is 40.2 Å². The summed E-state index contributed by atoms with van der Waals surface area (Å²) in [7, 11) is 1.81. The molecule has 3 rings (SSSR count). The fraction of sp³-hybridized carbons (Fsp3) is 0.296. The van der Waals surface area contributed by atoms with Crippen molar-refractivity contribution in [3.8, 4) is 23.0 Å². The van der Waals surface area contributed by atoms with Crippen LogP contribution in [0.1, 0.15) is 24.1 Å². The van der Waals surface area contributed by atoms with Crippen LogP contribution in [0, 0.1) is 6.92 Å². The second-order valence-corrected chi connectivity index (χ2v) is 10.1. The quantitative estimate of drug-likeness (QED) is 0.400. The van der Waals surface area contributed by atoms with E-state index in [1.165, 1.54) is 27.4 Å². The molecule has 0 saturated carbocycles. The average molecular weight is 529 g/mol. The van der Waals surface area contributed by atoms with E-state index < -0.39 is 28.5 Å². The van der Waals surface area contributed by atoms with E-state index >= 15 is 0 Å². The van der Waals surface area contributed by atoms with Gasteiger partial charge in [0, 0.05) is 0 Å². The first-order valence-corrected chi connectivity index (χ1v) is 12.9. The van der Waals surface area contributed by atoms with E-state index in [1.807, 2.05) is 6.07 Å². The first-order valence-electron chi connectivity index (χ1n) is 11.5. The van der Waals surface area contributed by atoms with E-state index in [0.29, 0.717) is 22.9 Å². The van der Waals surface area contributed by atoms with Gasteiger partial charge in [-0.1, -0.05) is 12.1 Å². The van der Waals surface area contributed by atoms with Gasteiger partial charge in [0.2, 0.25) is 5.91 Å². The van der Waals surface area contributed by atoms with Gasteiger partial charge in [-0.25, -0.2) is 8.42 Å². The standard InChI is InChI=1S/C27H32N2O7S/c1-18-7-13-24(35-5)26(15-18)37(31,32)29(21-9-11-22(33-3)12-10-21)17-27(30)28-19(2)20-8-14-23(34-4)25(16-20)36-6/h7-16,19H,17H2,1-6H3,(H,28,30)/t19-/m1/s1. The molecule has 198 valence electrons. The SMILES string of the molecule is COc1ccc(N(CC(=O)N[C@H](C)c2ccc(OC)c(OC)c2)S(=O)(=O)c2cc(C)ccc2OC)cc1. The third-order valence-electron chi connectivity index (χ3n) is 5.82. The topological polar surface area (TPSA) is 103 Å². The number of nitrogens with zero attached hydrogens (tertiary/aromatic N) is 1. The molecule has 0 unspecified atom stereocenters. The van der Waals surface area contributed by atoms with Gasteiger partial charge in [-0.2, -0.15) is 0 Å². The highest BCUT2D eigenvalue weighted by molar-refractivity contribution is 7.93. The summed E-state index contributed by atoms with van der Waals surface area (Å²) in [4.78, 5) is 13.1. The van der Waals surface area contributed by atoms with Crippen LogP contribution in [-0.2, 0) is 14.8 Å². The van der Waals surface area contributed by atoms with Crippen LogP contribution >= 0.6 is 0 Å². The number of carbonyl (C=O) groups is 1. The maximum Gasteiger partial charge on any atom is 0.268 e. The van der Waals surface area contributed by atoms with Crippen molar-refractivity contribution in [2.75, 3.05) is 39.3 Å². The van der Waals surface area contributed by atoms with E-state index in [4.69, 9.17) is 18.9 Å². The van der Waals surface area contributed by atoms with E-state index in [1.54, 1.807) is 69.5 Å². The molecule has 0 heterocycles. The van der Waals surface area contributed by atoms with Crippen molar-refractivity contribution in [1.29, 1.82) is 0 Å². The van der Waals surface area contributed by atoms with E-state index in [9.17, 15) is 13.2 Å². The number of rotatable bonds is 11. The third kappa shape index (κ3) is 6.26. The lowest BCUT2D eigenvalue weighted by Gasteiger charge is -2.26. The summed E-state index contributed by atoms with van der Waals surface area (Å²) in [5, 5.41) is 2.87. The Kier molecular flexibility index (Phi) is 8.88. The van der Waals surface area contributed by atoms with Crippen molar-refractivity contribution in [3.63, 3.8) is 0 Å². The summed E-state index contributed by atoms with van der Waals surface area (Å²) in [6.45, 7) is 3.13. The van der Waals surface area contributed by atoms with Gasteiger partial charge in [-0.15, -0.1) is 0 Å². The molecule has 0 fully saturated rings. The molecule has 37 heavy (non-hydrogen) atoms. The number of aryl methyl sites for hydroxylation is 1. The number of hydrogen-bond acceptors (Lipinski definition) is 7. The zero-order valence-electron chi connectivity index (χ0n) is 21.8. The molecular weight excluding hydrogens is 496 g/mol. The Balaban J connectivity index is 1.95. The zero-order valence-corrected chi connectivity index (χ0v) is 22.6. The summed E-state index contributed by atoms with van der Waals surface area (Å²) in [6.07, 6.45) is 0. The largest absolute Gasteiger partial charge is 0.497 e. The van der Waals surface area contributed by atoms with Gasteiger partial charge in [-0.3, -0.25) is 9.10 Å². The highest BCUT2D eigenvalue weighted by Gasteiger charge is 2.30. The molecule has 0 bridgehead atoms. The van der Waals surface area contributed by atoms with Crippen LogP contribution < -0.4 is 28.6 Å². The number of carbonyl (C=O) groups excluding carboxylic acids is 1. The number of amides is 1. The molecule has 0 aliphatic rings. The maximum atomic E-state index is 13.9. The van der Waals surface area contributed by atoms with Crippen LogP contribution in [0.15, 0.2) is 65.6 Å². The molecule has 0 radical (unpaired) electrons. The van der Waals surface area contributed by atoms with Crippen molar-refractivity contribution >= 4 is 21.6 Å². The normalized spacial score (nSPS) is 11.8. The van der Waals surface area contributed by atoms with E-state index in [0.717, 1.165) is 15.4 Å². The van der Waals surface area contributed by atoms with E-state index in [-0.39, 0.29) is 10.6 Å². The third-order valence-corrected chi connectivity index (χ3v) is 7.61. The number of anilines is 1. The monoisotopic (exact) mass is 528 g/mol. The summed E-state index contributed by atoms with van der Waals surface area (Å²) in [6, 6.07) is 16.2. The molecule has 3 aromatic rings. The van der Waals surface area contributed by atoms with Crippen LogP contribution in [0.3, 0.4) is 0 Å². The van der Waals surface area contributed by atoms with E-state index in [2.05, 4.69) is 5.32 Å². The lowest BCUT2D eigenvalue weighted by atomic mass is 10.1. The van der Waals surface area contributed by atoms with Crippen molar-refractivity contribution in [2.45, 2.75) is 24.8 Å². The van der Waals surface area contributed by atoms with Gasteiger partial charge in [-0.05, 0) is 73.5 Å². The molecule has 9 nitrogen and oxygen atoms in total. The van der Waals surface area contributed by atoms with Gasteiger partial charge < -0.3 is 24.3 Å². The fourth-order valence-corrected chi connectivity index (χ4v) is 5.46. The highest BCUT2D eigenvalue weighted by Crippen LogP contribution is 2.32. The highest BCUT2D eigenvalue weighted by atomic mass is 32.2. The zero-order chi connectivity index (χ0) is 27.2. The van der Waals surface area contributed by atoms with Crippen molar-refractivity contribution in [1.82, 2.24) is 5.32 Å². The second-order valence-electron chi connectivity index (χ2n) is 8.27. The second kappa shape index (κ2) is 11.9. The molecule has 3 aromatic carbocycles. The molecule has 0 aliphatic carbocycles. The minimum atomic E-state index is -4.18. The summed E-state index contributed by atoms with van der Waals surface area (Å²) in [5.41, 5.74) is 1.81. The predicted molar refractivity (Wildman–Crippen MR) is 141 cm³/mol. The Morgan fingerprint density at radius 2 is 1.46 bits per heavy atom. The number of hydrogen-bond donors (Lipinski definition) is 1. The van der Waals surface area contributed by atoms with Crippen LogP contribution in [0.4, 0.5) is 5.69 Å². The molecular formula is C27H32N2O7S. The molecule has 10 heteroatoms. The number of nitrogens with one attached hydrogen (secondary N) is 1. The maximum absolute atomic E-state index is 13.9. The fourth-order valence-electron chi connectivity index (χ4n) is 3.79. The Hall–Kier alpha value is -3.92. The Bertz CT molecular complexity index is 1340. The predicted octanol–water partition coefficient (Wildman–Crippen LogP) is 4.10. The average Bonchev–Trinajstić information content (AvgIpc) is 2.91. The molecule has 0 saturated heterocycles.